The largest absolute Gasteiger partial charge is 0.452 e. The summed E-state index contributed by atoms with van der Waals surface area (Å²) in [6.45, 7) is 1.61. The molecule has 1 aromatic heterocycles. The van der Waals surface area contributed by atoms with Crippen molar-refractivity contribution >= 4 is 29.3 Å². The molecule has 5 heteroatoms. The monoisotopic (exact) mass is 245 g/mol. The second kappa shape index (κ2) is 4.94. The van der Waals surface area contributed by atoms with Crippen molar-refractivity contribution in [1.29, 1.82) is 0 Å². The molecule has 0 N–H and O–H groups in total. The number of amides is 1. The summed E-state index contributed by atoms with van der Waals surface area (Å²) in [6, 6.07) is 1.63. The zero-order chi connectivity index (χ0) is 10.7. The lowest BCUT2D eigenvalue weighted by Crippen LogP contribution is -2.32. The molecule has 0 saturated carbocycles. The van der Waals surface area contributed by atoms with Gasteiger partial charge in [0.25, 0.3) is 5.91 Å². The fraction of sp³-hybridized carbons (Fsp3) is 0.500. The molecule has 82 valence electrons. The topological polar surface area (TPSA) is 33.5 Å². The number of halogens is 1. The molecule has 0 bridgehead atoms. The van der Waals surface area contributed by atoms with Crippen LogP contribution in [0.3, 0.4) is 0 Å². The fourth-order valence-corrected chi connectivity index (χ4v) is 2.65. The van der Waals surface area contributed by atoms with Gasteiger partial charge < -0.3 is 9.32 Å². The molecule has 0 radical (unpaired) electrons. The molecule has 1 aromatic rings. The summed E-state index contributed by atoms with van der Waals surface area (Å²) in [4.78, 5) is 13.9. The summed E-state index contributed by atoms with van der Waals surface area (Å²) in [5, 5.41) is 0.192. The van der Waals surface area contributed by atoms with Gasteiger partial charge in [0.05, 0.1) is 11.8 Å². The highest BCUT2D eigenvalue weighted by Crippen LogP contribution is 2.20. The van der Waals surface area contributed by atoms with E-state index in [9.17, 15) is 4.79 Å². The second-order valence-corrected chi connectivity index (χ2v) is 4.93. The normalized spacial score (nSPS) is 17.5. The second-order valence-electron chi connectivity index (χ2n) is 3.37. The van der Waals surface area contributed by atoms with Crippen molar-refractivity contribution in [2.75, 3.05) is 24.6 Å². The van der Waals surface area contributed by atoms with E-state index in [0.717, 1.165) is 31.0 Å². The van der Waals surface area contributed by atoms with Gasteiger partial charge in [0.15, 0.2) is 0 Å². The molecule has 3 nitrogen and oxygen atoms in total. The van der Waals surface area contributed by atoms with E-state index in [1.807, 2.05) is 16.7 Å². The Morgan fingerprint density at radius 2 is 2.33 bits per heavy atom. The van der Waals surface area contributed by atoms with Crippen molar-refractivity contribution in [3.8, 4) is 0 Å². The van der Waals surface area contributed by atoms with Gasteiger partial charge in [0.1, 0.15) is 0 Å². The van der Waals surface area contributed by atoms with Crippen molar-refractivity contribution in [3.63, 3.8) is 0 Å². The average molecular weight is 246 g/mol. The van der Waals surface area contributed by atoms with Crippen molar-refractivity contribution in [3.05, 3.63) is 23.1 Å². The Morgan fingerprint density at radius 1 is 1.47 bits per heavy atom. The van der Waals surface area contributed by atoms with E-state index in [4.69, 9.17) is 16.0 Å². The highest BCUT2D eigenvalue weighted by molar-refractivity contribution is 7.99. The summed E-state index contributed by atoms with van der Waals surface area (Å²) in [7, 11) is 0. The first kappa shape index (κ1) is 10.9. The van der Waals surface area contributed by atoms with Crippen LogP contribution in [0.4, 0.5) is 0 Å². The smallest absolute Gasteiger partial charge is 0.258 e. The third-order valence-corrected chi connectivity index (χ3v) is 3.70. The molecule has 1 fully saturated rings. The Hall–Kier alpha value is -0.610. The van der Waals surface area contributed by atoms with Gasteiger partial charge >= 0.3 is 0 Å². The molecule has 0 unspecified atom stereocenters. The predicted molar refractivity (Wildman–Crippen MR) is 61.6 cm³/mol. The Bertz CT molecular complexity index is 345. The Kier molecular flexibility index (Phi) is 3.59. The molecule has 1 aliphatic heterocycles. The van der Waals surface area contributed by atoms with Crippen molar-refractivity contribution in [2.45, 2.75) is 6.42 Å². The standard InChI is InChI=1S/C10H12ClNO2S/c11-9-8(2-5-14-9)10(13)12-3-1-6-15-7-4-12/h2,5H,1,3-4,6-7H2. The highest BCUT2D eigenvalue weighted by atomic mass is 35.5. The number of thioether (sulfide) groups is 1. The van der Waals surface area contributed by atoms with E-state index < -0.39 is 0 Å². The number of hydrogen-bond acceptors (Lipinski definition) is 3. The summed E-state index contributed by atoms with van der Waals surface area (Å²) in [6.07, 6.45) is 2.49. The van der Waals surface area contributed by atoms with Crippen LogP contribution in [0, 0.1) is 0 Å². The lowest BCUT2D eigenvalue weighted by Gasteiger charge is -2.18. The van der Waals surface area contributed by atoms with Crippen LogP contribution in [0.5, 0.6) is 0 Å². The minimum absolute atomic E-state index is 0.0174. The zero-order valence-electron chi connectivity index (χ0n) is 8.24. The zero-order valence-corrected chi connectivity index (χ0v) is 9.81. The van der Waals surface area contributed by atoms with Gasteiger partial charge in [-0.2, -0.15) is 11.8 Å². The molecule has 1 amide bonds. The molecule has 0 spiro atoms. The van der Waals surface area contributed by atoms with Gasteiger partial charge in [-0.1, -0.05) is 0 Å². The van der Waals surface area contributed by atoms with E-state index in [0.29, 0.717) is 5.56 Å². The van der Waals surface area contributed by atoms with Gasteiger partial charge in [0.2, 0.25) is 5.22 Å². The van der Waals surface area contributed by atoms with Crippen LogP contribution in [-0.4, -0.2) is 35.4 Å². The van der Waals surface area contributed by atoms with Crippen LogP contribution < -0.4 is 0 Å². The highest BCUT2D eigenvalue weighted by Gasteiger charge is 2.20. The van der Waals surface area contributed by atoms with Crippen LogP contribution in [0.1, 0.15) is 16.8 Å². The van der Waals surface area contributed by atoms with Crippen LogP contribution in [0.25, 0.3) is 0 Å². The van der Waals surface area contributed by atoms with Gasteiger partial charge in [-0.15, -0.1) is 0 Å². The van der Waals surface area contributed by atoms with E-state index in [2.05, 4.69) is 0 Å². The minimum Gasteiger partial charge on any atom is -0.452 e. The lowest BCUT2D eigenvalue weighted by molar-refractivity contribution is 0.0768. The maximum Gasteiger partial charge on any atom is 0.258 e. The van der Waals surface area contributed by atoms with Gasteiger partial charge in [-0.3, -0.25) is 4.79 Å². The summed E-state index contributed by atoms with van der Waals surface area (Å²) in [5.41, 5.74) is 0.476. The lowest BCUT2D eigenvalue weighted by atomic mass is 10.3. The van der Waals surface area contributed by atoms with Crippen LogP contribution >= 0.6 is 23.4 Å². The molecule has 0 atom stereocenters. The van der Waals surface area contributed by atoms with Gasteiger partial charge in [0, 0.05) is 18.8 Å². The van der Waals surface area contributed by atoms with E-state index in [1.165, 1.54) is 6.26 Å². The number of carbonyl (C=O) groups is 1. The van der Waals surface area contributed by atoms with Gasteiger partial charge in [-0.25, -0.2) is 0 Å². The molecule has 0 aromatic carbocycles. The first-order valence-corrected chi connectivity index (χ1v) is 6.42. The molecule has 15 heavy (non-hydrogen) atoms. The van der Waals surface area contributed by atoms with Crippen LogP contribution in [-0.2, 0) is 0 Å². The van der Waals surface area contributed by atoms with E-state index >= 15 is 0 Å². The number of rotatable bonds is 1. The number of hydrogen-bond donors (Lipinski definition) is 0. The summed E-state index contributed by atoms with van der Waals surface area (Å²) < 4.78 is 4.92. The Balaban J connectivity index is 2.09. The average Bonchev–Trinajstić information content (AvgIpc) is 2.53. The predicted octanol–water partition coefficient (Wildman–Crippen LogP) is 2.51. The first-order valence-electron chi connectivity index (χ1n) is 4.89. The summed E-state index contributed by atoms with van der Waals surface area (Å²) >= 11 is 7.66. The fourth-order valence-electron chi connectivity index (χ4n) is 1.57. The van der Waals surface area contributed by atoms with Crippen molar-refractivity contribution in [1.82, 2.24) is 4.90 Å². The van der Waals surface area contributed by atoms with Crippen LogP contribution in [0.2, 0.25) is 5.22 Å². The molecule has 1 saturated heterocycles. The van der Waals surface area contributed by atoms with Crippen molar-refractivity contribution in [2.24, 2.45) is 0 Å². The molecule has 1 aliphatic rings. The third kappa shape index (κ3) is 2.49. The maximum absolute atomic E-state index is 12.0. The molecule has 2 heterocycles. The molecule has 0 aliphatic carbocycles. The summed E-state index contributed by atoms with van der Waals surface area (Å²) in [5.74, 6) is 2.11. The number of furan rings is 1. The molecular formula is C10H12ClNO2S. The third-order valence-electron chi connectivity index (χ3n) is 2.36. The van der Waals surface area contributed by atoms with Crippen molar-refractivity contribution < 1.29 is 9.21 Å². The molecular weight excluding hydrogens is 234 g/mol. The SMILES string of the molecule is O=C(c1ccoc1Cl)N1CCCSCC1. The Labute approximate surface area is 97.8 Å². The maximum atomic E-state index is 12.0. The molecule has 2 rings (SSSR count). The minimum atomic E-state index is -0.0174. The quantitative estimate of drug-likeness (QED) is 0.762. The van der Waals surface area contributed by atoms with E-state index in [-0.39, 0.29) is 11.1 Å². The number of nitrogens with zero attached hydrogens (tertiary/aromatic N) is 1. The number of carbonyl (C=O) groups excluding carboxylic acids is 1. The Morgan fingerprint density at radius 3 is 3.07 bits per heavy atom. The van der Waals surface area contributed by atoms with E-state index in [1.54, 1.807) is 6.07 Å². The first-order chi connectivity index (χ1) is 7.29. The van der Waals surface area contributed by atoms with Gasteiger partial charge in [-0.05, 0) is 29.8 Å². The van der Waals surface area contributed by atoms with Crippen LogP contribution in [0.15, 0.2) is 16.7 Å².